The van der Waals surface area contributed by atoms with Crippen LogP contribution in [0.2, 0.25) is 0 Å². The first-order valence-corrected chi connectivity index (χ1v) is 14.4. The number of likely N-dealkylation sites (tertiary alicyclic amines) is 1. The summed E-state index contributed by atoms with van der Waals surface area (Å²) in [6.45, 7) is 6.92. The van der Waals surface area contributed by atoms with Crippen molar-refractivity contribution >= 4 is 11.7 Å². The highest BCUT2D eigenvalue weighted by Gasteiger charge is 2.35. The minimum absolute atomic E-state index is 0.0410. The van der Waals surface area contributed by atoms with Crippen molar-refractivity contribution in [2.75, 3.05) is 31.9 Å². The lowest BCUT2D eigenvalue weighted by Gasteiger charge is -2.32. The molecule has 0 aliphatic carbocycles. The molecule has 3 aromatic rings. The SMILES string of the molecule is CCc1cc(CO[C@H]2CNC[C@@H]2NC(=O)c2cc(-c3ccc(CN4CCCC(F)(F)C4)cc3)cnc2N)ccc1C. The number of aryl methyl sites for hydroxylation is 2. The summed E-state index contributed by atoms with van der Waals surface area (Å²) in [7, 11) is 0. The van der Waals surface area contributed by atoms with Gasteiger partial charge < -0.3 is 21.1 Å². The first-order chi connectivity index (χ1) is 19.7. The van der Waals surface area contributed by atoms with Gasteiger partial charge in [-0.05, 0) is 60.2 Å². The van der Waals surface area contributed by atoms with E-state index in [9.17, 15) is 13.6 Å². The molecule has 2 aliphatic rings. The molecule has 4 N–H and O–H groups in total. The van der Waals surface area contributed by atoms with Crippen LogP contribution in [0.15, 0.2) is 54.7 Å². The maximum Gasteiger partial charge on any atom is 0.260 e. The largest absolute Gasteiger partial charge is 0.383 e. The van der Waals surface area contributed by atoms with Crippen molar-refractivity contribution in [3.05, 3.63) is 82.5 Å². The standard InChI is InChI=1S/C32H39F2N5O2/c1-3-24-13-23(6-5-21(24)2)19-41-29-17-36-16-28(29)38-31(40)27-14-26(15-37-30(27)35)25-9-7-22(8-10-25)18-39-12-4-11-32(33,34)20-39/h5-10,13-15,28-29,36H,3-4,11-12,16-20H2,1-2H3,(H2,35,37)(H,38,40)/t28-,29-/m0/s1. The molecule has 2 atom stereocenters. The lowest BCUT2D eigenvalue weighted by molar-refractivity contribution is -0.0661. The van der Waals surface area contributed by atoms with Gasteiger partial charge in [0, 0.05) is 37.8 Å². The Balaban J connectivity index is 1.21. The zero-order valence-corrected chi connectivity index (χ0v) is 23.8. The number of benzene rings is 2. The Morgan fingerprint density at radius 3 is 2.68 bits per heavy atom. The van der Waals surface area contributed by atoms with Gasteiger partial charge in [-0.1, -0.05) is 49.4 Å². The second kappa shape index (κ2) is 12.6. The highest BCUT2D eigenvalue weighted by molar-refractivity contribution is 5.99. The molecule has 1 amide bonds. The van der Waals surface area contributed by atoms with Crippen molar-refractivity contribution in [2.45, 2.75) is 64.3 Å². The number of rotatable bonds is 9. The molecule has 218 valence electrons. The van der Waals surface area contributed by atoms with Crippen molar-refractivity contribution < 1.29 is 18.3 Å². The van der Waals surface area contributed by atoms with Gasteiger partial charge in [0.15, 0.2) is 0 Å². The number of halogens is 2. The van der Waals surface area contributed by atoms with Gasteiger partial charge in [0.05, 0.1) is 30.9 Å². The first kappa shape index (κ1) is 29.1. The summed E-state index contributed by atoms with van der Waals surface area (Å²) in [6.07, 6.45) is 2.91. The smallest absolute Gasteiger partial charge is 0.260 e. The topological polar surface area (TPSA) is 92.5 Å². The number of amides is 1. The number of anilines is 1. The maximum absolute atomic E-state index is 13.8. The van der Waals surface area contributed by atoms with Crippen LogP contribution in [0.25, 0.3) is 11.1 Å². The van der Waals surface area contributed by atoms with Gasteiger partial charge in [-0.15, -0.1) is 0 Å². The van der Waals surface area contributed by atoms with Crippen LogP contribution >= 0.6 is 0 Å². The van der Waals surface area contributed by atoms with Crippen LogP contribution in [-0.2, 0) is 24.3 Å². The fraction of sp³-hybridized carbons (Fsp3) is 0.438. The third kappa shape index (κ3) is 7.28. The van der Waals surface area contributed by atoms with Crippen LogP contribution in [0.5, 0.6) is 0 Å². The van der Waals surface area contributed by atoms with Crippen LogP contribution in [-0.4, -0.2) is 60.0 Å². The lowest BCUT2D eigenvalue weighted by atomic mass is 10.0. The fourth-order valence-electron chi connectivity index (χ4n) is 5.68. The zero-order chi connectivity index (χ0) is 29.0. The van der Waals surface area contributed by atoms with E-state index in [0.717, 1.165) is 28.7 Å². The number of pyridine rings is 1. The molecule has 5 rings (SSSR count). The van der Waals surface area contributed by atoms with Gasteiger partial charge >= 0.3 is 0 Å². The van der Waals surface area contributed by atoms with E-state index in [-0.39, 0.29) is 36.8 Å². The van der Waals surface area contributed by atoms with Crippen LogP contribution in [0.1, 0.15) is 52.4 Å². The van der Waals surface area contributed by atoms with Crippen molar-refractivity contribution in [3.8, 4) is 11.1 Å². The molecular weight excluding hydrogens is 524 g/mol. The Kier molecular flexibility index (Phi) is 8.97. The molecule has 2 aliphatic heterocycles. The summed E-state index contributed by atoms with van der Waals surface area (Å²) in [5.74, 6) is -2.76. The van der Waals surface area contributed by atoms with E-state index in [1.54, 1.807) is 17.2 Å². The summed E-state index contributed by atoms with van der Waals surface area (Å²) in [4.78, 5) is 19.4. The van der Waals surface area contributed by atoms with Gasteiger partial charge in [0.1, 0.15) is 5.82 Å². The second-order valence-electron chi connectivity index (χ2n) is 11.2. The van der Waals surface area contributed by atoms with Crippen LogP contribution in [0.3, 0.4) is 0 Å². The van der Waals surface area contributed by atoms with Crippen LogP contribution in [0.4, 0.5) is 14.6 Å². The normalized spacial score (nSPS) is 20.7. The van der Waals surface area contributed by atoms with Crippen molar-refractivity contribution in [1.82, 2.24) is 20.5 Å². The van der Waals surface area contributed by atoms with Gasteiger partial charge in [0.25, 0.3) is 11.8 Å². The van der Waals surface area contributed by atoms with E-state index in [1.807, 2.05) is 24.3 Å². The minimum Gasteiger partial charge on any atom is -0.383 e. The predicted octanol–water partition coefficient (Wildman–Crippen LogP) is 4.72. The van der Waals surface area contributed by atoms with E-state index in [1.165, 1.54) is 11.1 Å². The van der Waals surface area contributed by atoms with Crippen LogP contribution < -0.4 is 16.4 Å². The number of piperidine rings is 1. The Morgan fingerprint density at radius 2 is 1.93 bits per heavy atom. The highest BCUT2D eigenvalue weighted by atomic mass is 19.3. The highest BCUT2D eigenvalue weighted by Crippen LogP contribution is 2.28. The van der Waals surface area contributed by atoms with Crippen molar-refractivity contribution in [2.24, 2.45) is 0 Å². The van der Waals surface area contributed by atoms with Crippen molar-refractivity contribution in [3.63, 3.8) is 0 Å². The molecule has 0 spiro atoms. The number of nitrogens with two attached hydrogens (primary N) is 1. The summed E-state index contributed by atoms with van der Waals surface area (Å²) < 4.78 is 33.8. The Hall–Kier alpha value is -3.40. The summed E-state index contributed by atoms with van der Waals surface area (Å²) in [5, 5.41) is 6.39. The molecule has 2 aromatic carbocycles. The maximum atomic E-state index is 13.8. The number of carbonyl (C=O) groups is 1. The van der Waals surface area contributed by atoms with E-state index in [2.05, 4.69) is 47.7 Å². The molecule has 0 bridgehead atoms. The average Bonchev–Trinajstić information content (AvgIpc) is 3.39. The van der Waals surface area contributed by atoms with Crippen LogP contribution in [0, 0.1) is 6.92 Å². The zero-order valence-electron chi connectivity index (χ0n) is 23.8. The van der Waals surface area contributed by atoms with Gasteiger partial charge in [-0.2, -0.15) is 0 Å². The van der Waals surface area contributed by atoms with Gasteiger partial charge in [-0.25, -0.2) is 13.8 Å². The third-order valence-electron chi connectivity index (χ3n) is 8.06. The molecule has 2 saturated heterocycles. The molecule has 41 heavy (non-hydrogen) atoms. The summed E-state index contributed by atoms with van der Waals surface area (Å²) in [6, 6.07) is 15.6. The minimum atomic E-state index is -2.62. The van der Waals surface area contributed by atoms with Gasteiger partial charge in [-0.3, -0.25) is 9.69 Å². The molecule has 0 unspecified atom stereocenters. The number of ether oxygens (including phenoxy) is 1. The molecular formula is C32H39F2N5O2. The third-order valence-corrected chi connectivity index (χ3v) is 8.06. The van der Waals surface area contributed by atoms with Gasteiger partial charge in [0.2, 0.25) is 0 Å². The number of carbonyl (C=O) groups excluding carboxylic acids is 1. The van der Waals surface area contributed by atoms with E-state index >= 15 is 0 Å². The first-order valence-electron chi connectivity index (χ1n) is 14.4. The number of aromatic nitrogens is 1. The molecule has 2 fully saturated rings. The predicted molar refractivity (Wildman–Crippen MR) is 157 cm³/mol. The number of nitrogens with one attached hydrogen (secondary N) is 2. The quantitative estimate of drug-likeness (QED) is 0.349. The Labute approximate surface area is 240 Å². The van der Waals surface area contributed by atoms with Crippen molar-refractivity contribution in [1.29, 1.82) is 0 Å². The average molecular weight is 564 g/mol. The monoisotopic (exact) mass is 563 g/mol. The number of hydrogen-bond acceptors (Lipinski definition) is 6. The second-order valence-corrected chi connectivity index (χ2v) is 11.2. The number of alkyl halides is 2. The molecule has 3 heterocycles. The lowest BCUT2D eigenvalue weighted by Crippen LogP contribution is -2.44. The Bertz CT molecular complexity index is 1360. The number of hydrogen-bond donors (Lipinski definition) is 3. The molecule has 7 nitrogen and oxygen atoms in total. The van der Waals surface area contributed by atoms with E-state index in [4.69, 9.17) is 10.5 Å². The summed E-state index contributed by atoms with van der Waals surface area (Å²) >= 11 is 0. The molecule has 1 aromatic heterocycles. The van der Waals surface area contributed by atoms with E-state index < -0.39 is 5.92 Å². The number of nitrogen functional groups attached to an aromatic ring is 1. The Morgan fingerprint density at radius 1 is 1.15 bits per heavy atom. The summed E-state index contributed by atoms with van der Waals surface area (Å²) in [5.41, 5.74) is 12.7. The molecule has 0 radical (unpaired) electrons. The fourth-order valence-corrected chi connectivity index (χ4v) is 5.68. The van der Waals surface area contributed by atoms with E-state index in [0.29, 0.717) is 44.8 Å². The molecule has 0 saturated carbocycles. The number of nitrogens with zero attached hydrogens (tertiary/aromatic N) is 2. The molecule has 9 heteroatoms.